The van der Waals surface area contributed by atoms with Gasteiger partial charge in [-0.2, -0.15) is 0 Å². The number of allylic oxidation sites excluding steroid dienone is 1. The van der Waals surface area contributed by atoms with Crippen LogP contribution < -0.4 is 9.64 Å². The normalized spacial score (nSPS) is 19.5. The van der Waals surface area contributed by atoms with E-state index in [-0.39, 0.29) is 18.1 Å². The number of hydrogen-bond donors (Lipinski definition) is 1. The Morgan fingerprint density at radius 1 is 1.36 bits per heavy atom. The van der Waals surface area contributed by atoms with Crippen LogP contribution in [0.3, 0.4) is 0 Å². The SMILES string of the molecule is COc1ccc(N2C(=O)[C@H](CC(=O)O)S/C2=C/C(C)=O)cc1. The summed E-state index contributed by atoms with van der Waals surface area (Å²) in [5.74, 6) is -0.957. The van der Waals surface area contributed by atoms with Crippen LogP contribution in [0.5, 0.6) is 5.75 Å². The van der Waals surface area contributed by atoms with Crippen molar-refractivity contribution in [2.75, 3.05) is 12.0 Å². The number of thioether (sulfide) groups is 1. The van der Waals surface area contributed by atoms with E-state index in [1.165, 1.54) is 25.0 Å². The lowest BCUT2D eigenvalue weighted by molar-refractivity contribution is -0.138. The summed E-state index contributed by atoms with van der Waals surface area (Å²) in [7, 11) is 1.54. The molecule has 1 amide bonds. The number of carbonyl (C=O) groups is 3. The first-order valence-electron chi connectivity index (χ1n) is 6.51. The van der Waals surface area contributed by atoms with Crippen molar-refractivity contribution in [2.45, 2.75) is 18.6 Å². The zero-order valence-electron chi connectivity index (χ0n) is 12.1. The average Bonchev–Trinajstić information content (AvgIpc) is 2.74. The number of anilines is 1. The number of carboxylic acid groups (broad SMARTS) is 1. The maximum atomic E-state index is 12.4. The summed E-state index contributed by atoms with van der Waals surface area (Å²) in [4.78, 5) is 36.0. The highest BCUT2D eigenvalue weighted by Crippen LogP contribution is 2.40. The van der Waals surface area contributed by atoms with Gasteiger partial charge in [0.15, 0.2) is 5.78 Å². The number of nitrogens with zero attached hydrogens (tertiary/aromatic N) is 1. The lowest BCUT2D eigenvalue weighted by Gasteiger charge is -2.17. The summed E-state index contributed by atoms with van der Waals surface area (Å²) in [6.07, 6.45) is 1.06. The Morgan fingerprint density at radius 3 is 2.50 bits per heavy atom. The third-order valence-corrected chi connectivity index (χ3v) is 4.19. The van der Waals surface area contributed by atoms with Gasteiger partial charge >= 0.3 is 5.97 Å². The highest BCUT2D eigenvalue weighted by atomic mass is 32.2. The van der Waals surface area contributed by atoms with Gasteiger partial charge in [-0.25, -0.2) is 0 Å². The molecule has 1 aromatic carbocycles. The van der Waals surface area contributed by atoms with E-state index in [4.69, 9.17) is 9.84 Å². The molecule has 116 valence electrons. The minimum absolute atomic E-state index is 0.204. The third kappa shape index (κ3) is 3.48. The summed E-state index contributed by atoms with van der Waals surface area (Å²) in [6, 6.07) is 6.77. The van der Waals surface area contributed by atoms with Gasteiger partial charge in [-0.15, -0.1) is 0 Å². The molecule has 0 aliphatic carbocycles. The molecule has 22 heavy (non-hydrogen) atoms. The predicted octanol–water partition coefficient (Wildman–Crippen LogP) is 2.05. The van der Waals surface area contributed by atoms with E-state index >= 15 is 0 Å². The zero-order valence-corrected chi connectivity index (χ0v) is 12.9. The molecular weight excluding hydrogens is 306 g/mol. The van der Waals surface area contributed by atoms with Crippen molar-refractivity contribution in [1.29, 1.82) is 0 Å². The molecule has 0 unspecified atom stereocenters. The van der Waals surface area contributed by atoms with Crippen LogP contribution in [-0.2, 0) is 14.4 Å². The molecule has 0 spiro atoms. The summed E-state index contributed by atoms with van der Waals surface area (Å²) >= 11 is 1.09. The van der Waals surface area contributed by atoms with Crippen LogP contribution in [0.25, 0.3) is 0 Å². The lowest BCUT2D eigenvalue weighted by Crippen LogP contribution is -2.29. The summed E-state index contributed by atoms with van der Waals surface area (Å²) in [5.41, 5.74) is 0.568. The number of benzene rings is 1. The number of methoxy groups -OCH3 is 1. The molecule has 1 saturated heterocycles. The molecule has 0 bridgehead atoms. The second-order valence-electron chi connectivity index (χ2n) is 4.67. The van der Waals surface area contributed by atoms with Crippen molar-refractivity contribution in [2.24, 2.45) is 0 Å². The minimum Gasteiger partial charge on any atom is -0.497 e. The van der Waals surface area contributed by atoms with Gasteiger partial charge in [0.25, 0.3) is 0 Å². The van der Waals surface area contributed by atoms with E-state index in [0.29, 0.717) is 16.5 Å². The van der Waals surface area contributed by atoms with E-state index in [1.807, 2.05) is 0 Å². The van der Waals surface area contributed by atoms with E-state index in [0.717, 1.165) is 11.8 Å². The monoisotopic (exact) mass is 321 g/mol. The number of carboxylic acids is 1. The molecule has 1 fully saturated rings. The van der Waals surface area contributed by atoms with Crippen LogP contribution in [0.4, 0.5) is 5.69 Å². The minimum atomic E-state index is -1.05. The Balaban J connectivity index is 2.37. The molecule has 0 radical (unpaired) electrons. The molecule has 2 rings (SSSR count). The molecule has 7 heteroatoms. The van der Waals surface area contributed by atoms with Gasteiger partial charge in [0.1, 0.15) is 11.0 Å². The molecule has 6 nitrogen and oxygen atoms in total. The second-order valence-corrected chi connectivity index (χ2v) is 5.89. The highest BCUT2D eigenvalue weighted by molar-refractivity contribution is 8.05. The fourth-order valence-electron chi connectivity index (χ4n) is 2.05. The summed E-state index contributed by atoms with van der Waals surface area (Å²) in [5, 5.41) is 8.61. The smallest absolute Gasteiger partial charge is 0.305 e. The van der Waals surface area contributed by atoms with Crippen molar-refractivity contribution < 1.29 is 24.2 Å². The molecule has 1 aromatic rings. The first-order chi connectivity index (χ1) is 10.4. The molecule has 1 N–H and O–H groups in total. The van der Waals surface area contributed by atoms with Gasteiger partial charge in [0.2, 0.25) is 5.91 Å². The number of carbonyl (C=O) groups excluding carboxylic acids is 2. The first kappa shape index (κ1) is 16.1. The van der Waals surface area contributed by atoms with Gasteiger partial charge in [0.05, 0.1) is 18.6 Å². The topological polar surface area (TPSA) is 83.9 Å². The number of ketones is 1. The van der Waals surface area contributed by atoms with E-state index in [1.54, 1.807) is 24.3 Å². The summed E-state index contributed by atoms with van der Waals surface area (Å²) in [6.45, 7) is 1.38. The standard InChI is InChI=1S/C15H15NO5S/c1-9(17)7-13-16(10-3-5-11(21-2)6-4-10)15(20)12(22-13)8-14(18)19/h3-7,12H,8H2,1-2H3,(H,18,19)/b13-7+/t12-/m0/s1. The zero-order chi connectivity index (χ0) is 16.3. The number of hydrogen-bond acceptors (Lipinski definition) is 5. The van der Waals surface area contributed by atoms with Crippen LogP contribution in [0, 0.1) is 0 Å². The Hall–Kier alpha value is -2.28. The van der Waals surface area contributed by atoms with Gasteiger partial charge in [-0.05, 0) is 31.2 Å². The first-order valence-corrected chi connectivity index (χ1v) is 7.39. The molecule has 1 aliphatic rings. The molecule has 0 aromatic heterocycles. The van der Waals surface area contributed by atoms with E-state index in [9.17, 15) is 14.4 Å². The van der Waals surface area contributed by atoms with Gasteiger partial charge < -0.3 is 9.84 Å². The number of aliphatic carboxylic acids is 1. The van der Waals surface area contributed by atoms with Crippen molar-refractivity contribution in [1.82, 2.24) is 0 Å². The quantitative estimate of drug-likeness (QED) is 0.836. The Kier molecular flexibility index (Phi) is 4.87. The maximum Gasteiger partial charge on any atom is 0.305 e. The van der Waals surface area contributed by atoms with E-state index in [2.05, 4.69) is 0 Å². The Labute approximate surface area is 131 Å². The van der Waals surface area contributed by atoms with Crippen molar-refractivity contribution >= 4 is 35.1 Å². The van der Waals surface area contributed by atoms with E-state index < -0.39 is 11.2 Å². The Bertz CT molecular complexity index is 638. The molecule has 1 aliphatic heterocycles. The van der Waals surface area contributed by atoms with Gasteiger partial charge in [-0.3, -0.25) is 19.3 Å². The van der Waals surface area contributed by atoms with Crippen LogP contribution in [0.2, 0.25) is 0 Å². The molecule has 1 heterocycles. The highest BCUT2D eigenvalue weighted by Gasteiger charge is 2.39. The maximum absolute atomic E-state index is 12.4. The van der Waals surface area contributed by atoms with Crippen LogP contribution >= 0.6 is 11.8 Å². The van der Waals surface area contributed by atoms with Gasteiger partial charge in [0, 0.05) is 11.8 Å². The number of rotatable bonds is 5. The molecular formula is C15H15NO5S. The van der Waals surface area contributed by atoms with Crippen LogP contribution in [0.1, 0.15) is 13.3 Å². The lowest BCUT2D eigenvalue weighted by atomic mass is 10.2. The van der Waals surface area contributed by atoms with Crippen LogP contribution in [0.15, 0.2) is 35.4 Å². The number of amides is 1. The van der Waals surface area contributed by atoms with Crippen molar-refractivity contribution in [3.05, 3.63) is 35.4 Å². The largest absolute Gasteiger partial charge is 0.497 e. The van der Waals surface area contributed by atoms with Crippen molar-refractivity contribution in [3.8, 4) is 5.75 Å². The second kappa shape index (κ2) is 6.65. The van der Waals surface area contributed by atoms with Crippen molar-refractivity contribution in [3.63, 3.8) is 0 Å². The number of ether oxygens (including phenoxy) is 1. The average molecular weight is 321 g/mol. The molecule has 1 atom stereocenters. The third-order valence-electron chi connectivity index (χ3n) is 3.00. The Morgan fingerprint density at radius 2 is 2.00 bits per heavy atom. The van der Waals surface area contributed by atoms with Crippen LogP contribution in [-0.4, -0.2) is 35.1 Å². The van der Waals surface area contributed by atoms with Gasteiger partial charge in [-0.1, -0.05) is 11.8 Å². The fourth-order valence-corrected chi connectivity index (χ4v) is 3.31. The fraction of sp³-hybridized carbons (Fsp3) is 0.267. The molecule has 0 saturated carbocycles. The summed E-state index contributed by atoms with van der Waals surface area (Å²) < 4.78 is 5.07. The predicted molar refractivity (Wildman–Crippen MR) is 82.9 cm³/mol.